The fourth-order valence-corrected chi connectivity index (χ4v) is 1.41. The number of nitrogens with zero attached hydrogens (tertiary/aromatic N) is 2. The minimum Gasteiger partial charge on any atom is -0.484 e. The number of carbonyl (C=O) groups is 1. The van der Waals surface area contributed by atoms with Gasteiger partial charge in [0.2, 0.25) is 5.89 Å². The Balaban J connectivity index is 1.86. The molecule has 0 saturated heterocycles. The van der Waals surface area contributed by atoms with Crippen LogP contribution in [0.15, 0.2) is 28.7 Å². The fraction of sp³-hybridized carbons (Fsp3) is 0.250. The summed E-state index contributed by atoms with van der Waals surface area (Å²) >= 11 is 0. The topological polar surface area (TPSA) is 103 Å². The average Bonchev–Trinajstić information content (AvgIpc) is 2.82. The Labute approximate surface area is 109 Å². The van der Waals surface area contributed by atoms with Gasteiger partial charge in [0.15, 0.2) is 6.61 Å². The van der Waals surface area contributed by atoms with Crippen molar-refractivity contribution in [1.82, 2.24) is 10.2 Å². The van der Waals surface area contributed by atoms with Crippen molar-refractivity contribution in [2.45, 2.75) is 13.5 Å². The smallest absolute Gasteiger partial charge is 0.322 e. The third-order valence-electron chi connectivity index (χ3n) is 2.28. The molecule has 0 radical (unpaired) electrons. The Morgan fingerprint density at radius 2 is 2.32 bits per heavy atom. The van der Waals surface area contributed by atoms with Gasteiger partial charge < -0.3 is 14.9 Å². The van der Waals surface area contributed by atoms with Crippen LogP contribution in [0.1, 0.15) is 11.5 Å². The van der Waals surface area contributed by atoms with Gasteiger partial charge in [-0.25, -0.2) is 0 Å². The molecule has 0 aliphatic heterocycles. The first kappa shape index (κ1) is 13.0. The number of hydrogen-bond donors (Lipinski definition) is 2. The summed E-state index contributed by atoms with van der Waals surface area (Å²) in [5, 5.41) is 9.67. The summed E-state index contributed by atoms with van der Waals surface area (Å²) < 4.78 is 10.3. The van der Waals surface area contributed by atoms with Crippen LogP contribution in [0, 0.1) is 6.92 Å². The number of anilines is 1. The number of ether oxygens (including phenoxy) is 1. The molecule has 0 bridgehead atoms. The molecule has 1 heterocycles. The second-order valence-electron chi connectivity index (χ2n) is 3.81. The van der Waals surface area contributed by atoms with Gasteiger partial charge in [0.1, 0.15) is 5.75 Å². The summed E-state index contributed by atoms with van der Waals surface area (Å²) in [7, 11) is 0. The summed E-state index contributed by atoms with van der Waals surface area (Å²) in [6.07, 6.45) is 0. The first-order valence-corrected chi connectivity index (χ1v) is 5.69. The molecule has 0 aliphatic rings. The third-order valence-corrected chi connectivity index (χ3v) is 2.28. The number of hydrogen-bond acceptors (Lipinski definition) is 6. The van der Waals surface area contributed by atoms with Crippen molar-refractivity contribution in [3.63, 3.8) is 0 Å². The van der Waals surface area contributed by atoms with Crippen LogP contribution in [0.2, 0.25) is 0 Å². The lowest BCUT2D eigenvalue weighted by Gasteiger charge is -2.06. The van der Waals surface area contributed by atoms with E-state index in [1.165, 1.54) is 0 Å². The maximum absolute atomic E-state index is 11.6. The molecule has 0 unspecified atom stereocenters. The van der Waals surface area contributed by atoms with Gasteiger partial charge in [-0.3, -0.25) is 10.1 Å². The molecule has 19 heavy (non-hydrogen) atoms. The minimum absolute atomic E-state index is 0.0572. The normalized spacial score (nSPS) is 10.2. The van der Waals surface area contributed by atoms with Gasteiger partial charge in [0, 0.05) is 13.5 Å². The number of nitrogens with two attached hydrogens (primary N) is 1. The van der Waals surface area contributed by atoms with E-state index in [0.717, 1.165) is 5.56 Å². The van der Waals surface area contributed by atoms with E-state index in [0.29, 0.717) is 18.2 Å². The number of amides is 1. The quantitative estimate of drug-likeness (QED) is 0.828. The number of nitrogens with one attached hydrogen (secondary N) is 1. The second-order valence-corrected chi connectivity index (χ2v) is 3.81. The van der Waals surface area contributed by atoms with E-state index in [9.17, 15) is 4.79 Å². The van der Waals surface area contributed by atoms with Crippen molar-refractivity contribution in [1.29, 1.82) is 0 Å². The lowest BCUT2D eigenvalue weighted by atomic mass is 10.2. The van der Waals surface area contributed by atoms with E-state index in [1.807, 2.05) is 12.1 Å². The molecule has 2 aromatic rings. The largest absolute Gasteiger partial charge is 0.484 e. The zero-order valence-corrected chi connectivity index (χ0v) is 10.4. The molecule has 1 aromatic carbocycles. The zero-order valence-electron chi connectivity index (χ0n) is 10.4. The first-order chi connectivity index (χ1) is 9.17. The van der Waals surface area contributed by atoms with E-state index in [2.05, 4.69) is 15.5 Å². The number of rotatable bonds is 5. The Morgan fingerprint density at radius 3 is 3.00 bits per heavy atom. The van der Waals surface area contributed by atoms with Gasteiger partial charge >= 0.3 is 6.01 Å². The van der Waals surface area contributed by atoms with Crippen molar-refractivity contribution in [3.05, 3.63) is 35.7 Å². The van der Waals surface area contributed by atoms with Gasteiger partial charge in [-0.2, -0.15) is 0 Å². The minimum atomic E-state index is -0.373. The number of benzene rings is 1. The molecule has 7 nitrogen and oxygen atoms in total. The van der Waals surface area contributed by atoms with Crippen molar-refractivity contribution >= 4 is 11.9 Å². The Morgan fingerprint density at radius 1 is 1.47 bits per heavy atom. The predicted molar refractivity (Wildman–Crippen MR) is 67.5 cm³/mol. The van der Waals surface area contributed by atoms with Crippen molar-refractivity contribution in [2.24, 2.45) is 5.73 Å². The molecule has 2 rings (SSSR count). The van der Waals surface area contributed by atoms with Crippen molar-refractivity contribution in [3.8, 4) is 5.75 Å². The van der Waals surface area contributed by atoms with Crippen molar-refractivity contribution < 1.29 is 13.9 Å². The molecule has 1 amide bonds. The highest BCUT2D eigenvalue weighted by Crippen LogP contribution is 2.12. The van der Waals surface area contributed by atoms with Gasteiger partial charge in [0.05, 0.1) is 0 Å². The summed E-state index contributed by atoms with van der Waals surface area (Å²) in [5.41, 5.74) is 6.45. The molecule has 0 aliphatic carbocycles. The molecule has 1 aromatic heterocycles. The average molecular weight is 262 g/mol. The van der Waals surface area contributed by atoms with E-state index < -0.39 is 0 Å². The van der Waals surface area contributed by atoms with Crippen LogP contribution in [0.5, 0.6) is 5.75 Å². The lowest BCUT2D eigenvalue weighted by Crippen LogP contribution is -2.20. The number of aryl methyl sites for hydroxylation is 1. The molecule has 3 N–H and O–H groups in total. The maximum Gasteiger partial charge on any atom is 0.322 e. The third kappa shape index (κ3) is 3.78. The van der Waals surface area contributed by atoms with Crippen LogP contribution >= 0.6 is 0 Å². The van der Waals surface area contributed by atoms with E-state index in [1.54, 1.807) is 19.1 Å². The SMILES string of the molecule is Cc1nnc(NC(=O)COc2cccc(CN)c2)o1. The standard InChI is InChI=1S/C12H14N4O3/c1-8-15-16-12(19-8)14-11(17)7-18-10-4-2-3-9(5-10)6-13/h2-5H,6-7,13H2,1H3,(H,14,16,17). The van der Waals surface area contributed by atoms with Crippen LogP contribution in [0.4, 0.5) is 6.01 Å². The number of carbonyl (C=O) groups excluding carboxylic acids is 1. The maximum atomic E-state index is 11.6. The van der Waals surface area contributed by atoms with Gasteiger partial charge in [-0.1, -0.05) is 17.2 Å². The van der Waals surface area contributed by atoms with E-state index >= 15 is 0 Å². The zero-order chi connectivity index (χ0) is 13.7. The monoisotopic (exact) mass is 262 g/mol. The van der Waals surface area contributed by atoms with Crippen molar-refractivity contribution in [2.75, 3.05) is 11.9 Å². The molecular formula is C12H14N4O3. The Kier molecular flexibility index (Phi) is 4.09. The lowest BCUT2D eigenvalue weighted by molar-refractivity contribution is -0.118. The highest BCUT2D eigenvalue weighted by molar-refractivity contribution is 5.89. The van der Waals surface area contributed by atoms with Gasteiger partial charge in [-0.15, -0.1) is 5.10 Å². The van der Waals surface area contributed by atoms with Gasteiger partial charge in [-0.05, 0) is 17.7 Å². The summed E-state index contributed by atoms with van der Waals surface area (Å²) in [4.78, 5) is 11.6. The predicted octanol–water partition coefficient (Wildman–Crippen LogP) is 0.854. The molecule has 0 spiro atoms. The first-order valence-electron chi connectivity index (χ1n) is 5.69. The highest BCUT2D eigenvalue weighted by Gasteiger charge is 2.08. The highest BCUT2D eigenvalue weighted by atomic mass is 16.5. The van der Waals surface area contributed by atoms with Crippen LogP contribution in [-0.4, -0.2) is 22.7 Å². The van der Waals surface area contributed by atoms with Crippen LogP contribution in [0.25, 0.3) is 0 Å². The Hall–Kier alpha value is -2.41. The summed E-state index contributed by atoms with van der Waals surface area (Å²) in [5.74, 6) is 0.591. The molecule has 100 valence electrons. The van der Waals surface area contributed by atoms with Crippen LogP contribution in [0.3, 0.4) is 0 Å². The summed E-state index contributed by atoms with van der Waals surface area (Å²) in [6.45, 7) is 1.91. The molecular weight excluding hydrogens is 248 g/mol. The summed E-state index contributed by atoms with van der Waals surface area (Å²) in [6, 6.07) is 7.29. The Bertz CT molecular complexity index is 568. The molecule has 0 saturated carbocycles. The fourth-order valence-electron chi connectivity index (χ4n) is 1.41. The number of aromatic nitrogens is 2. The molecule has 0 fully saturated rings. The second kappa shape index (κ2) is 5.96. The van der Waals surface area contributed by atoms with Crippen LogP contribution < -0.4 is 15.8 Å². The van der Waals surface area contributed by atoms with E-state index in [-0.39, 0.29) is 18.5 Å². The van der Waals surface area contributed by atoms with E-state index in [4.69, 9.17) is 14.9 Å². The van der Waals surface area contributed by atoms with Gasteiger partial charge in [0.25, 0.3) is 5.91 Å². The van der Waals surface area contributed by atoms with Crippen LogP contribution in [-0.2, 0) is 11.3 Å². The molecule has 7 heteroatoms. The molecule has 0 atom stereocenters.